The minimum absolute atomic E-state index is 0.473. The summed E-state index contributed by atoms with van der Waals surface area (Å²) in [5, 5.41) is 0. The van der Waals surface area contributed by atoms with Crippen LogP contribution in [0.15, 0.2) is 24.3 Å². The third-order valence-corrected chi connectivity index (χ3v) is 3.75. The molecule has 1 heterocycles. The first-order valence-corrected chi connectivity index (χ1v) is 6.56. The molecule has 0 N–H and O–H groups in total. The lowest BCUT2D eigenvalue weighted by atomic mass is 9.95. The van der Waals surface area contributed by atoms with Crippen molar-refractivity contribution in [1.29, 1.82) is 0 Å². The minimum atomic E-state index is 0.473. The van der Waals surface area contributed by atoms with Gasteiger partial charge in [-0.2, -0.15) is 0 Å². The van der Waals surface area contributed by atoms with Crippen LogP contribution in [0, 0.1) is 6.92 Å². The predicted octanol–water partition coefficient (Wildman–Crippen LogP) is 3.30. The fourth-order valence-corrected chi connectivity index (χ4v) is 2.58. The summed E-state index contributed by atoms with van der Waals surface area (Å²) in [6.07, 6.45) is 1.66. The average molecular weight is 302 g/mol. The van der Waals surface area contributed by atoms with E-state index in [1.807, 2.05) is 0 Å². The summed E-state index contributed by atoms with van der Waals surface area (Å²) >= 11 is 2.40. The molecule has 1 aromatic rings. The standard InChI is InChI=1S/C12H15IO/c1-9-3-2-4-10(5-9)11-6-12(7-13)14-8-11/h2-5,11-12H,6-8H2,1H3/t11-,12-/m0/s1. The van der Waals surface area contributed by atoms with Gasteiger partial charge in [-0.05, 0) is 18.9 Å². The number of rotatable bonds is 2. The summed E-state index contributed by atoms with van der Waals surface area (Å²) in [5.41, 5.74) is 2.79. The van der Waals surface area contributed by atoms with E-state index in [1.165, 1.54) is 17.5 Å². The molecule has 0 aromatic heterocycles. The van der Waals surface area contributed by atoms with Gasteiger partial charge in [-0.3, -0.25) is 0 Å². The predicted molar refractivity (Wildman–Crippen MR) is 67.2 cm³/mol. The van der Waals surface area contributed by atoms with E-state index >= 15 is 0 Å². The highest BCUT2D eigenvalue weighted by molar-refractivity contribution is 14.1. The molecular weight excluding hydrogens is 287 g/mol. The van der Waals surface area contributed by atoms with Crippen LogP contribution in [0.3, 0.4) is 0 Å². The van der Waals surface area contributed by atoms with Crippen molar-refractivity contribution in [2.24, 2.45) is 0 Å². The normalized spacial score (nSPS) is 26.7. The van der Waals surface area contributed by atoms with E-state index in [0.717, 1.165) is 11.0 Å². The van der Waals surface area contributed by atoms with Crippen LogP contribution in [0.5, 0.6) is 0 Å². The number of hydrogen-bond acceptors (Lipinski definition) is 1. The number of halogens is 1. The molecule has 0 spiro atoms. The van der Waals surface area contributed by atoms with Crippen molar-refractivity contribution in [2.75, 3.05) is 11.0 Å². The average Bonchev–Trinajstić information content (AvgIpc) is 2.66. The number of aryl methyl sites for hydroxylation is 1. The summed E-state index contributed by atoms with van der Waals surface area (Å²) in [6.45, 7) is 3.05. The number of alkyl halides is 1. The molecule has 2 heteroatoms. The van der Waals surface area contributed by atoms with Crippen LogP contribution in [-0.2, 0) is 4.74 Å². The van der Waals surface area contributed by atoms with E-state index in [4.69, 9.17) is 4.74 Å². The topological polar surface area (TPSA) is 9.23 Å². The maximum atomic E-state index is 5.70. The molecule has 1 fully saturated rings. The highest BCUT2D eigenvalue weighted by atomic mass is 127. The van der Waals surface area contributed by atoms with Crippen molar-refractivity contribution in [1.82, 2.24) is 0 Å². The summed E-state index contributed by atoms with van der Waals surface area (Å²) in [7, 11) is 0. The second kappa shape index (κ2) is 4.62. The van der Waals surface area contributed by atoms with Crippen molar-refractivity contribution in [3.05, 3.63) is 35.4 Å². The van der Waals surface area contributed by atoms with Gasteiger partial charge in [0.05, 0.1) is 12.7 Å². The van der Waals surface area contributed by atoms with Gasteiger partial charge in [-0.25, -0.2) is 0 Å². The lowest BCUT2D eigenvalue weighted by Gasteiger charge is -2.08. The molecule has 0 saturated carbocycles. The van der Waals surface area contributed by atoms with Crippen LogP contribution in [0.1, 0.15) is 23.5 Å². The molecule has 1 aromatic carbocycles. The SMILES string of the molecule is Cc1cccc([C@@H]2CO[C@H](CI)C2)c1. The Bertz CT molecular complexity index is 311. The van der Waals surface area contributed by atoms with Crippen LogP contribution in [0.4, 0.5) is 0 Å². The van der Waals surface area contributed by atoms with E-state index in [0.29, 0.717) is 12.0 Å². The molecule has 0 unspecified atom stereocenters. The van der Waals surface area contributed by atoms with Crippen LogP contribution in [0.25, 0.3) is 0 Å². The molecule has 14 heavy (non-hydrogen) atoms. The van der Waals surface area contributed by atoms with Gasteiger partial charge in [0.2, 0.25) is 0 Å². The third-order valence-electron chi connectivity index (χ3n) is 2.77. The van der Waals surface area contributed by atoms with Crippen LogP contribution in [0.2, 0.25) is 0 Å². The van der Waals surface area contributed by atoms with Crippen LogP contribution >= 0.6 is 22.6 Å². The van der Waals surface area contributed by atoms with E-state index in [1.54, 1.807) is 0 Å². The summed E-state index contributed by atoms with van der Waals surface area (Å²) in [6, 6.07) is 8.79. The van der Waals surface area contributed by atoms with Gasteiger partial charge < -0.3 is 4.74 Å². The van der Waals surface area contributed by atoms with E-state index in [-0.39, 0.29) is 0 Å². The molecule has 0 radical (unpaired) electrons. The van der Waals surface area contributed by atoms with Gasteiger partial charge in [0, 0.05) is 10.3 Å². The van der Waals surface area contributed by atoms with Gasteiger partial charge in [0.1, 0.15) is 0 Å². The van der Waals surface area contributed by atoms with Crippen LogP contribution in [-0.4, -0.2) is 17.1 Å². The fourth-order valence-electron chi connectivity index (χ4n) is 1.97. The lowest BCUT2D eigenvalue weighted by molar-refractivity contribution is 0.129. The van der Waals surface area contributed by atoms with E-state index in [9.17, 15) is 0 Å². The smallest absolute Gasteiger partial charge is 0.0671 e. The monoisotopic (exact) mass is 302 g/mol. The van der Waals surface area contributed by atoms with Crippen molar-refractivity contribution >= 4 is 22.6 Å². The molecule has 0 amide bonds. The second-order valence-corrected chi connectivity index (χ2v) is 4.84. The second-order valence-electron chi connectivity index (χ2n) is 3.96. The Morgan fingerprint density at radius 3 is 3.00 bits per heavy atom. The Hall–Kier alpha value is -0.0900. The van der Waals surface area contributed by atoms with Crippen molar-refractivity contribution < 1.29 is 4.74 Å². The zero-order valence-corrected chi connectivity index (χ0v) is 10.5. The van der Waals surface area contributed by atoms with Crippen LogP contribution < -0.4 is 0 Å². The molecule has 1 saturated heterocycles. The van der Waals surface area contributed by atoms with E-state index in [2.05, 4.69) is 53.8 Å². The molecule has 76 valence electrons. The first-order valence-electron chi connectivity index (χ1n) is 5.03. The highest BCUT2D eigenvalue weighted by Crippen LogP contribution is 2.30. The van der Waals surface area contributed by atoms with Gasteiger partial charge in [-0.1, -0.05) is 52.4 Å². The molecule has 1 nitrogen and oxygen atoms in total. The van der Waals surface area contributed by atoms with Gasteiger partial charge in [-0.15, -0.1) is 0 Å². The number of hydrogen-bond donors (Lipinski definition) is 0. The first kappa shape index (κ1) is 10.4. The van der Waals surface area contributed by atoms with Crippen molar-refractivity contribution in [3.63, 3.8) is 0 Å². The quantitative estimate of drug-likeness (QED) is 0.601. The summed E-state index contributed by atoms with van der Waals surface area (Å²) < 4.78 is 6.81. The van der Waals surface area contributed by atoms with Gasteiger partial charge in [0.15, 0.2) is 0 Å². The summed E-state index contributed by atoms with van der Waals surface area (Å²) in [5.74, 6) is 0.620. The molecular formula is C12H15IO. The molecule has 1 aliphatic heterocycles. The van der Waals surface area contributed by atoms with Gasteiger partial charge >= 0.3 is 0 Å². The lowest BCUT2D eigenvalue weighted by Crippen LogP contribution is -2.05. The Kier molecular flexibility index (Phi) is 3.44. The fraction of sp³-hybridized carbons (Fsp3) is 0.500. The first-order chi connectivity index (χ1) is 6.79. The highest BCUT2D eigenvalue weighted by Gasteiger charge is 2.25. The molecule has 2 atom stereocenters. The Morgan fingerprint density at radius 2 is 2.36 bits per heavy atom. The maximum absolute atomic E-state index is 5.70. The maximum Gasteiger partial charge on any atom is 0.0671 e. The van der Waals surface area contributed by atoms with E-state index < -0.39 is 0 Å². The van der Waals surface area contributed by atoms with Crippen molar-refractivity contribution in [2.45, 2.75) is 25.4 Å². The largest absolute Gasteiger partial charge is 0.377 e. The number of ether oxygens (including phenoxy) is 1. The summed E-state index contributed by atoms with van der Waals surface area (Å²) in [4.78, 5) is 0. The van der Waals surface area contributed by atoms with Gasteiger partial charge in [0.25, 0.3) is 0 Å². The number of benzene rings is 1. The van der Waals surface area contributed by atoms with Crippen molar-refractivity contribution in [3.8, 4) is 0 Å². The molecule has 0 bridgehead atoms. The minimum Gasteiger partial charge on any atom is -0.377 e. The third kappa shape index (κ3) is 2.28. The molecule has 1 aliphatic rings. The Balaban J connectivity index is 2.09. The molecule has 0 aliphatic carbocycles. The zero-order valence-electron chi connectivity index (χ0n) is 8.37. The molecule has 2 rings (SSSR count). The Morgan fingerprint density at radius 1 is 1.50 bits per heavy atom. The Labute approximate surface area is 99.0 Å². The zero-order chi connectivity index (χ0) is 9.97.